The molecule has 1 aliphatic heterocycles. The topological polar surface area (TPSA) is 104 Å². The van der Waals surface area contributed by atoms with E-state index in [2.05, 4.69) is 5.32 Å². The van der Waals surface area contributed by atoms with Crippen molar-refractivity contribution < 1.29 is 23.1 Å². The molecule has 1 unspecified atom stereocenters. The molecule has 0 aromatic rings. The molecule has 0 radical (unpaired) electrons. The van der Waals surface area contributed by atoms with Crippen molar-refractivity contribution in [3.8, 4) is 0 Å². The quantitative estimate of drug-likeness (QED) is 0.712. The van der Waals surface area contributed by atoms with Gasteiger partial charge in [-0.15, -0.1) is 0 Å². The van der Waals surface area contributed by atoms with Crippen molar-refractivity contribution in [1.29, 1.82) is 0 Å². The minimum Gasteiger partial charge on any atom is -0.480 e. The van der Waals surface area contributed by atoms with E-state index in [1.54, 1.807) is 13.8 Å². The van der Waals surface area contributed by atoms with E-state index < -0.39 is 34.0 Å². The first-order valence-electron chi connectivity index (χ1n) is 7.59. The Labute approximate surface area is 132 Å². The summed E-state index contributed by atoms with van der Waals surface area (Å²) in [6, 6.07) is -1.86. The van der Waals surface area contributed by atoms with E-state index in [9.17, 15) is 23.1 Å². The zero-order chi connectivity index (χ0) is 17.1. The molecular formula is C14H26N2O5S. The molecule has 2 N–H and O–H groups in total. The van der Waals surface area contributed by atoms with Crippen LogP contribution in [-0.2, 0) is 19.6 Å². The summed E-state index contributed by atoms with van der Waals surface area (Å²) in [5.41, 5.74) is 0. The fraction of sp³-hybridized carbons (Fsp3) is 0.857. The highest BCUT2D eigenvalue weighted by Crippen LogP contribution is 2.22. The van der Waals surface area contributed by atoms with Gasteiger partial charge in [0.25, 0.3) is 0 Å². The van der Waals surface area contributed by atoms with Gasteiger partial charge < -0.3 is 10.4 Å². The number of carbonyl (C=O) groups excluding carboxylic acids is 1. The Kier molecular flexibility index (Phi) is 6.37. The number of hydrogen-bond donors (Lipinski definition) is 2. The van der Waals surface area contributed by atoms with Gasteiger partial charge in [0, 0.05) is 6.54 Å². The average Bonchev–Trinajstić information content (AvgIpc) is 2.67. The fourth-order valence-electron chi connectivity index (χ4n) is 2.69. The van der Waals surface area contributed by atoms with Crippen LogP contribution >= 0.6 is 0 Å². The number of carboxylic acids is 1. The van der Waals surface area contributed by atoms with Crippen LogP contribution in [0.15, 0.2) is 0 Å². The van der Waals surface area contributed by atoms with Crippen molar-refractivity contribution in [2.24, 2.45) is 11.8 Å². The van der Waals surface area contributed by atoms with Crippen molar-refractivity contribution >= 4 is 21.9 Å². The van der Waals surface area contributed by atoms with Gasteiger partial charge in [-0.1, -0.05) is 27.7 Å². The van der Waals surface area contributed by atoms with Crippen LogP contribution in [-0.4, -0.2) is 54.1 Å². The Bertz CT molecular complexity index is 515. The Morgan fingerprint density at radius 3 is 2.18 bits per heavy atom. The molecule has 128 valence electrons. The second kappa shape index (κ2) is 7.41. The first-order valence-corrected chi connectivity index (χ1v) is 9.20. The van der Waals surface area contributed by atoms with Gasteiger partial charge in [0.1, 0.15) is 12.1 Å². The number of carboxylic acid groups (broad SMARTS) is 1. The van der Waals surface area contributed by atoms with Crippen LogP contribution < -0.4 is 5.32 Å². The van der Waals surface area contributed by atoms with Gasteiger partial charge >= 0.3 is 5.97 Å². The van der Waals surface area contributed by atoms with Crippen LogP contribution in [0.2, 0.25) is 0 Å². The van der Waals surface area contributed by atoms with Gasteiger partial charge in [-0.2, -0.15) is 4.31 Å². The molecule has 0 aromatic carbocycles. The maximum atomic E-state index is 12.5. The molecule has 1 fully saturated rings. The fourth-order valence-corrected chi connectivity index (χ4v) is 4.51. The third-order valence-corrected chi connectivity index (χ3v) is 5.60. The first-order chi connectivity index (χ1) is 10.1. The largest absolute Gasteiger partial charge is 0.480 e. The third-order valence-electron chi connectivity index (χ3n) is 3.67. The highest BCUT2D eigenvalue weighted by Gasteiger charge is 2.40. The summed E-state index contributed by atoms with van der Waals surface area (Å²) in [4.78, 5) is 23.7. The molecule has 1 heterocycles. The standard InChI is InChI=1S/C14H26N2O5S/c1-9(2)8-11(14(18)19)15-13(17)12(10(3)4)16-6-5-7-22(16,20)21/h9-12H,5-8H2,1-4H3,(H,15,17)(H,18,19)/t11-,12?/m1/s1. The zero-order valence-corrected chi connectivity index (χ0v) is 14.4. The molecule has 1 aliphatic rings. The second-order valence-electron chi connectivity index (χ2n) is 6.50. The number of hydrogen-bond acceptors (Lipinski definition) is 4. The van der Waals surface area contributed by atoms with E-state index in [-0.39, 0.29) is 17.6 Å². The highest BCUT2D eigenvalue weighted by molar-refractivity contribution is 7.89. The van der Waals surface area contributed by atoms with Crippen LogP contribution in [0.25, 0.3) is 0 Å². The molecule has 0 spiro atoms. The van der Waals surface area contributed by atoms with E-state index in [4.69, 9.17) is 0 Å². The molecular weight excluding hydrogens is 308 g/mol. The predicted molar refractivity (Wildman–Crippen MR) is 82.8 cm³/mol. The molecule has 2 atom stereocenters. The SMILES string of the molecule is CC(C)C[C@@H](NC(=O)C(C(C)C)N1CCCS1(=O)=O)C(=O)O. The molecule has 1 rings (SSSR count). The summed E-state index contributed by atoms with van der Waals surface area (Å²) in [6.45, 7) is 7.56. The number of amides is 1. The van der Waals surface area contributed by atoms with Gasteiger partial charge in [0.2, 0.25) is 15.9 Å². The molecule has 1 amide bonds. The number of nitrogens with zero attached hydrogens (tertiary/aromatic N) is 1. The molecule has 7 nitrogen and oxygen atoms in total. The van der Waals surface area contributed by atoms with Crippen LogP contribution in [0.4, 0.5) is 0 Å². The van der Waals surface area contributed by atoms with Gasteiger partial charge in [-0.05, 0) is 24.7 Å². The molecule has 22 heavy (non-hydrogen) atoms. The number of carbonyl (C=O) groups is 2. The van der Waals surface area contributed by atoms with E-state index in [0.29, 0.717) is 19.4 Å². The molecule has 0 aromatic heterocycles. The van der Waals surface area contributed by atoms with Gasteiger partial charge in [0.05, 0.1) is 5.75 Å². The van der Waals surface area contributed by atoms with Crippen LogP contribution in [0.5, 0.6) is 0 Å². The highest BCUT2D eigenvalue weighted by atomic mass is 32.2. The molecule has 1 saturated heterocycles. The number of sulfonamides is 1. The summed E-state index contributed by atoms with van der Waals surface area (Å²) >= 11 is 0. The van der Waals surface area contributed by atoms with Crippen molar-refractivity contribution in [1.82, 2.24) is 9.62 Å². The Morgan fingerprint density at radius 1 is 1.23 bits per heavy atom. The molecule has 0 saturated carbocycles. The van der Waals surface area contributed by atoms with E-state index in [0.717, 1.165) is 0 Å². The minimum atomic E-state index is -3.43. The Balaban J connectivity index is 2.92. The summed E-state index contributed by atoms with van der Waals surface area (Å²) < 4.78 is 25.3. The minimum absolute atomic E-state index is 0.0395. The normalized spacial score (nSPS) is 21.0. The summed E-state index contributed by atoms with van der Waals surface area (Å²) in [6.07, 6.45) is 0.797. The van der Waals surface area contributed by atoms with Gasteiger partial charge in [-0.25, -0.2) is 13.2 Å². The Hall–Kier alpha value is -1.15. The van der Waals surface area contributed by atoms with Crippen molar-refractivity contribution in [2.75, 3.05) is 12.3 Å². The first kappa shape index (κ1) is 18.9. The summed E-state index contributed by atoms with van der Waals surface area (Å²) in [5.74, 6) is -1.73. The monoisotopic (exact) mass is 334 g/mol. The predicted octanol–water partition coefficient (Wildman–Crippen LogP) is 0.662. The van der Waals surface area contributed by atoms with E-state index in [1.807, 2.05) is 13.8 Å². The molecule has 0 aliphatic carbocycles. The summed E-state index contributed by atoms with van der Waals surface area (Å²) in [7, 11) is -3.43. The van der Waals surface area contributed by atoms with Crippen LogP contribution in [0.1, 0.15) is 40.5 Å². The average molecular weight is 334 g/mol. The number of rotatable bonds is 7. The van der Waals surface area contributed by atoms with Crippen molar-refractivity contribution in [3.63, 3.8) is 0 Å². The smallest absolute Gasteiger partial charge is 0.326 e. The lowest BCUT2D eigenvalue weighted by molar-refractivity contribution is -0.143. The Morgan fingerprint density at radius 2 is 1.82 bits per heavy atom. The zero-order valence-electron chi connectivity index (χ0n) is 13.6. The number of aliphatic carboxylic acids is 1. The third kappa shape index (κ3) is 4.67. The lowest BCUT2D eigenvalue weighted by Gasteiger charge is -2.30. The number of nitrogens with one attached hydrogen (secondary N) is 1. The van der Waals surface area contributed by atoms with Gasteiger partial charge in [0.15, 0.2) is 0 Å². The van der Waals surface area contributed by atoms with E-state index >= 15 is 0 Å². The molecule has 0 bridgehead atoms. The van der Waals surface area contributed by atoms with Crippen LogP contribution in [0, 0.1) is 11.8 Å². The van der Waals surface area contributed by atoms with Crippen molar-refractivity contribution in [3.05, 3.63) is 0 Å². The lowest BCUT2D eigenvalue weighted by atomic mass is 10.0. The van der Waals surface area contributed by atoms with E-state index in [1.165, 1.54) is 4.31 Å². The van der Waals surface area contributed by atoms with Crippen molar-refractivity contribution in [2.45, 2.75) is 52.6 Å². The van der Waals surface area contributed by atoms with Gasteiger partial charge in [-0.3, -0.25) is 4.79 Å². The second-order valence-corrected chi connectivity index (χ2v) is 8.54. The van der Waals surface area contributed by atoms with Crippen LogP contribution in [0.3, 0.4) is 0 Å². The molecule has 8 heteroatoms. The maximum Gasteiger partial charge on any atom is 0.326 e. The lowest BCUT2D eigenvalue weighted by Crippen LogP contribution is -2.54. The maximum absolute atomic E-state index is 12.5. The summed E-state index contributed by atoms with van der Waals surface area (Å²) in [5, 5.41) is 11.7.